The molecule has 2 radical (unpaired) electrons. The predicted molar refractivity (Wildman–Crippen MR) is 268 cm³/mol. The molecule has 0 aromatic heterocycles. The van der Waals surface area contributed by atoms with Crippen molar-refractivity contribution in [2.45, 2.75) is 61.4 Å². The van der Waals surface area contributed by atoms with Gasteiger partial charge in [-0.3, -0.25) is 0 Å². The van der Waals surface area contributed by atoms with Crippen molar-refractivity contribution in [3.63, 3.8) is 0 Å². The number of aryl methyl sites for hydroxylation is 8. The second-order valence-corrected chi connectivity index (χ2v) is 20.7. The molecular weight excluding hydrogens is 856 g/mol. The molecule has 1 aliphatic carbocycles. The summed E-state index contributed by atoms with van der Waals surface area (Å²) in [5.41, 5.74) is 11.8. The van der Waals surface area contributed by atoms with Crippen molar-refractivity contribution >= 4 is 47.7 Å². The minimum atomic E-state index is -1.00. The summed E-state index contributed by atoms with van der Waals surface area (Å²) in [6.45, 7) is 17.3. The molecule has 0 saturated carbocycles. The number of benzene rings is 5. The third-order valence-electron chi connectivity index (χ3n) is 11.5. The van der Waals surface area contributed by atoms with Gasteiger partial charge in [0, 0.05) is 6.04 Å². The summed E-state index contributed by atoms with van der Waals surface area (Å²) >= 11 is 0. The molecule has 6 aromatic carbocycles. The van der Waals surface area contributed by atoms with Crippen LogP contribution in [0.25, 0.3) is 0 Å². The molecule has 0 N–H and O–H groups in total. The third-order valence-corrected chi connectivity index (χ3v) is 16.4. The van der Waals surface area contributed by atoms with Crippen LogP contribution in [0.3, 0.4) is 0 Å². The molecule has 0 fully saturated rings. The van der Waals surface area contributed by atoms with Crippen LogP contribution in [0.15, 0.2) is 103 Å². The van der Waals surface area contributed by atoms with Gasteiger partial charge in [-0.2, -0.15) is 6.07 Å². The maximum Gasteiger partial charge on any atom is 2.00 e. The summed E-state index contributed by atoms with van der Waals surface area (Å²) in [4.78, 5) is 2.39. The Morgan fingerprint density at radius 2 is 0.905 bits per heavy atom. The smallest absolute Gasteiger partial charge is 0.496 e. The Bertz CT molecular complexity index is 2340. The molecule has 63 heavy (non-hydrogen) atoms. The first-order chi connectivity index (χ1) is 29.7. The van der Waals surface area contributed by atoms with E-state index in [1.165, 1.54) is 43.0 Å². The van der Waals surface area contributed by atoms with E-state index in [1.54, 1.807) is 28.4 Å². The third kappa shape index (κ3) is 10.6. The molecule has 6 aromatic rings. The molecule has 0 spiro atoms. The van der Waals surface area contributed by atoms with Crippen LogP contribution in [-0.2, 0) is 17.1 Å². The van der Waals surface area contributed by atoms with Gasteiger partial charge in [0.2, 0.25) is 0 Å². The second kappa shape index (κ2) is 22.0. The Labute approximate surface area is 391 Å². The van der Waals surface area contributed by atoms with Crippen LogP contribution in [0.1, 0.15) is 61.7 Å². The van der Waals surface area contributed by atoms with Crippen LogP contribution in [0.4, 0.5) is 0 Å². The number of ether oxygens (including phenoxy) is 4. The minimum Gasteiger partial charge on any atom is -0.496 e. The second-order valence-electron chi connectivity index (χ2n) is 16.4. The quantitative estimate of drug-likeness (QED) is 0.0656. The van der Waals surface area contributed by atoms with Gasteiger partial charge in [-0.1, -0.05) is 24.3 Å². The summed E-state index contributed by atoms with van der Waals surface area (Å²) < 4.78 is 23.5. The van der Waals surface area contributed by atoms with E-state index in [9.17, 15) is 0 Å². The van der Waals surface area contributed by atoms with Crippen molar-refractivity contribution in [1.82, 2.24) is 4.90 Å². The van der Waals surface area contributed by atoms with Crippen molar-refractivity contribution in [2.75, 3.05) is 42.5 Å². The van der Waals surface area contributed by atoms with E-state index in [4.69, 9.17) is 18.9 Å². The van der Waals surface area contributed by atoms with Crippen molar-refractivity contribution in [3.05, 3.63) is 178 Å². The van der Waals surface area contributed by atoms with E-state index >= 15 is 0 Å². The maximum absolute atomic E-state index is 5.87. The number of nitrogens with zero attached hydrogens (tertiary/aromatic N) is 1. The maximum atomic E-state index is 5.87. The van der Waals surface area contributed by atoms with E-state index in [2.05, 4.69) is 165 Å². The Morgan fingerprint density at radius 1 is 0.524 bits per heavy atom. The summed E-state index contributed by atoms with van der Waals surface area (Å²) in [5, 5.41) is 7.89. The number of rotatable bonds is 13. The number of hydrogen-bond acceptors (Lipinski definition) is 5. The molecule has 8 heteroatoms. The fourth-order valence-electron chi connectivity index (χ4n) is 9.19. The van der Waals surface area contributed by atoms with Crippen molar-refractivity contribution in [2.24, 2.45) is 0 Å². The molecule has 1 atom stereocenters. The zero-order valence-electron chi connectivity index (χ0n) is 39.5. The zero-order valence-corrected chi connectivity index (χ0v) is 42.3. The summed E-state index contributed by atoms with van der Waals surface area (Å²) in [6, 6.07) is 34.8. The fourth-order valence-corrected chi connectivity index (χ4v) is 14.9. The van der Waals surface area contributed by atoms with Crippen LogP contribution in [0, 0.1) is 74.7 Å². The van der Waals surface area contributed by atoms with Gasteiger partial charge >= 0.3 is 17.1 Å². The van der Waals surface area contributed by atoms with E-state index in [0.717, 1.165) is 67.5 Å². The fraction of sp³-hybridized carbons (Fsp3) is 0.273. The van der Waals surface area contributed by atoms with Crippen LogP contribution in [0.5, 0.6) is 23.0 Å². The Balaban J connectivity index is 0.00000116. The van der Waals surface area contributed by atoms with Crippen LogP contribution in [0.2, 0.25) is 0 Å². The first-order valence-electron chi connectivity index (χ1n) is 21.1. The molecule has 5 nitrogen and oxygen atoms in total. The molecule has 0 amide bonds. The average molecular weight is 920 g/mol. The molecule has 7 rings (SSSR count). The number of methoxy groups -OCH3 is 4. The van der Waals surface area contributed by atoms with Gasteiger partial charge in [0.15, 0.2) is 0 Å². The molecule has 1 aliphatic rings. The summed E-state index contributed by atoms with van der Waals surface area (Å²) in [7, 11) is 9.51. The van der Waals surface area contributed by atoms with Gasteiger partial charge in [0.1, 0.15) is 23.0 Å². The Morgan fingerprint density at radius 3 is 1.22 bits per heavy atom. The largest absolute Gasteiger partial charge is 2.00 e. The molecule has 0 bridgehead atoms. The van der Waals surface area contributed by atoms with Gasteiger partial charge in [0.05, 0.1) is 28.4 Å². The van der Waals surface area contributed by atoms with Crippen molar-refractivity contribution in [3.8, 4) is 23.0 Å². The summed E-state index contributed by atoms with van der Waals surface area (Å²) in [6.07, 6.45) is 10.0. The normalized spacial score (nSPS) is 12.5. The van der Waals surface area contributed by atoms with Gasteiger partial charge < -0.3 is 23.8 Å². The molecule has 0 unspecified atom stereocenters. The molecule has 0 heterocycles. The minimum absolute atomic E-state index is 0. The van der Waals surface area contributed by atoms with Crippen molar-refractivity contribution in [1.29, 1.82) is 0 Å². The van der Waals surface area contributed by atoms with E-state index in [1.807, 2.05) is 31.4 Å². The topological polar surface area (TPSA) is 40.2 Å². The molecular formula is C55H63FeNO4P2. The van der Waals surface area contributed by atoms with Gasteiger partial charge in [-0.05, 0) is 210 Å². The van der Waals surface area contributed by atoms with E-state index in [0.29, 0.717) is 0 Å². The van der Waals surface area contributed by atoms with Crippen LogP contribution < -0.4 is 50.8 Å². The Hall–Kier alpha value is -4.40. The van der Waals surface area contributed by atoms with Crippen LogP contribution in [-0.4, -0.2) is 47.4 Å². The average Bonchev–Trinajstić information content (AvgIpc) is 3.96. The number of hydrogen-bond donors (Lipinski definition) is 0. The van der Waals surface area contributed by atoms with Gasteiger partial charge in [-0.25, -0.2) is 30.7 Å². The number of allylic oxidation sites excluding steroid dienone is 2. The van der Waals surface area contributed by atoms with Crippen LogP contribution >= 0.6 is 15.8 Å². The zero-order chi connectivity index (χ0) is 44.8. The monoisotopic (exact) mass is 919 g/mol. The Kier molecular flexibility index (Phi) is 17.3. The summed E-state index contributed by atoms with van der Waals surface area (Å²) in [5.74, 6) is 3.77. The van der Waals surface area contributed by atoms with E-state index in [-0.39, 0.29) is 23.1 Å². The van der Waals surface area contributed by atoms with E-state index < -0.39 is 15.8 Å². The SMILES string of the molecule is COc1c(C)cc(P(c2cc(C)c(OC)c(C)c2)c2ccccc2[C@H]([c-]2cccc2P(c2cc(C)c(OC)c(C)c2)c2cc(C)c(OC)c(C)c2)N(C)C)cc1C.[CH]1[CH][CH-]C=C1.[Fe+2]. The molecule has 0 saturated heterocycles. The molecule has 330 valence electrons. The van der Waals surface area contributed by atoms with Gasteiger partial charge in [0.25, 0.3) is 0 Å². The standard InChI is InChI=1S/C50H58NO4P2.C5H5.Fe/c1-30-22-38(23-31(2)47(30)52-11)56(39-24-32(3)48(53-12)33(4)25-39)44-20-16-15-18-42(44)46(51(9)10)43-19-17-21-45(43)57(40-26-34(5)49(54-13)35(6)27-40)41-28-36(7)50(55-14)37(8)29-41;1-2-4-5-3-1;/h15-29,46H,1-14H3;1-5H;/q2*-1;+2/t46-;;/m1../s1. The first kappa shape index (κ1) is 49.6. The molecule has 0 aliphatic heterocycles. The van der Waals surface area contributed by atoms with Gasteiger partial charge in [-0.15, -0.1) is 23.7 Å². The predicted octanol–water partition coefficient (Wildman–Crippen LogP) is 10.2. The first-order valence-corrected chi connectivity index (χ1v) is 23.8. The van der Waals surface area contributed by atoms with Crippen molar-refractivity contribution < 1.29 is 36.0 Å².